The maximum Gasteiger partial charge on any atom is 0.0672 e. The van der Waals surface area contributed by atoms with E-state index in [9.17, 15) is 0 Å². The third-order valence-electron chi connectivity index (χ3n) is 4.22. The maximum atomic E-state index is 3.71. The highest BCUT2D eigenvalue weighted by molar-refractivity contribution is 9.15. The summed E-state index contributed by atoms with van der Waals surface area (Å²) in [5.74, 6) is 0. The molecule has 110 valence electrons. The summed E-state index contributed by atoms with van der Waals surface area (Å²) in [6, 6.07) is 25.6. The summed E-state index contributed by atoms with van der Waals surface area (Å²) in [7, 11) is 0. The van der Waals surface area contributed by atoms with Crippen LogP contribution < -0.4 is 0 Å². The zero-order valence-corrected chi connectivity index (χ0v) is 14.4. The van der Waals surface area contributed by atoms with Crippen molar-refractivity contribution in [3.63, 3.8) is 0 Å². The Morgan fingerprint density at radius 2 is 1.17 bits per heavy atom. The van der Waals surface area contributed by atoms with Gasteiger partial charge in [-0.15, -0.1) is 0 Å². The van der Waals surface area contributed by atoms with Crippen LogP contribution in [0.1, 0.15) is 22.3 Å². The molecule has 0 bridgehead atoms. The van der Waals surface area contributed by atoms with E-state index in [4.69, 9.17) is 0 Å². The third kappa shape index (κ3) is 2.49. The standard InChI is InChI=1S/C22H15Br/c1-15-10-12-16(13-11-15)22(23)14-21-19-8-4-2-6-17(19)18-7-3-5-9-20(18)21/h2-13H,1H3. The summed E-state index contributed by atoms with van der Waals surface area (Å²) in [5.41, 5.74) is 12.2. The van der Waals surface area contributed by atoms with Crippen molar-refractivity contribution in [1.82, 2.24) is 0 Å². The van der Waals surface area contributed by atoms with E-state index >= 15 is 0 Å². The van der Waals surface area contributed by atoms with Gasteiger partial charge in [-0.2, -0.15) is 0 Å². The molecule has 0 N–H and O–H groups in total. The molecule has 3 aromatic rings. The van der Waals surface area contributed by atoms with Gasteiger partial charge in [0.25, 0.3) is 0 Å². The van der Waals surface area contributed by atoms with Crippen molar-refractivity contribution in [1.29, 1.82) is 0 Å². The number of halogens is 1. The molecule has 1 aliphatic carbocycles. The van der Waals surface area contributed by atoms with Gasteiger partial charge >= 0.3 is 0 Å². The first-order chi connectivity index (χ1) is 11.2. The Labute approximate surface area is 144 Å². The Bertz CT molecular complexity index is 908. The summed E-state index contributed by atoms with van der Waals surface area (Å²) in [4.78, 5) is 0. The van der Waals surface area contributed by atoms with E-state index in [0.29, 0.717) is 0 Å². The van der Waals surface area contributed by atoms with Crippen LogP contribution in [0.2, 0.25) is 0 Å². The van der Waals surface area contributed by atoms with Crippen LogP contribution in [0.5, 0.6) is 0 Å². The quantitative estimate of drug-likeness (QED) is 0.343. The second-order valence-electron chi connectivity index (χ2n) is 5.77. The first-order valence-corrected chi connectivity index (χ1v) is 8.46. The molecule has 1 aliphatic rings. The predicted molar refractivity (Wildman–Crippen MR) is 101 cm³/mol. The molecule has 0 unspecified atom stereocenters. The molecule has 0 radical (unpaired) electrons. The summed E-state index contributed by atoms with van der Waals surface area (Å²) in [6.45, 7) is 2.10. The Balaban J connectivity index is 1.98. The van der Waals surface area contributed by atoms with Crippen LogP contribution in [-0.2, 0) is 0 Å². The van der Waals surface area contributed by atoms with E-state index in [1.165, 1.54) is 27.8 Å². The van der Waals surface area contributed by atoms with E-state index in [-0.39, 0.29) is 0 Å². The molecule has 23 heavy (non-hydrogen) atoms. The van der Waals surface area contributed by atoms with Crippen LogP contribution >= 0.6 is 15.9 Å². The average Bonchev–Trinajstić information content (AvgIpc) is 2.90. The topological polar surface area (TPSA) is 0 Å². The molecule has 3 aromatic carbocycles. The summed E-state index contributed by atoms with van der Waals surface area (Å²) < 4.78 is 0.985. The van der Waals surface area contributed by atoms with Crippen molar-refractivity contribution in [2.45, 2.75) is 6.92 Å². The Morgan fingerprint density at radius 3 is 1.70 bits per heavy atom. The second kappa shape index (κ2) is 5.70. The summed E-state index contributed by atoms with van der Waals surface area (Å²) in [6.07, 6.45) is 0. The minimum Gasteiger partial charge on any atom is -0.0954 e. The minimum atomic E-state index is 0.985. The normalized spacial score (nSPS) is 11.7. The van der Waals surface area contributed by atoms with Crippen LogP contribution in [-0.4, -0.2) is 0 Å². The number of fused-ring (bicyclic) bond motifs is 3. The zero-order valence-electron chi connectivity index (χ0n) is 12.8. The van der Waals surface area contributed by atoms with Gasteiger partial charge in [0.1, 0.15) is 0 Å². The lowest BCUT2D eigenvalue weighted by Crippen LogP contribution is -1.80. The van der Waals surface area contributed by atoms with E-state index in [1.807, 2.05) is 0 Å². The van der Waals surface area contributed by atoms with Gasteiger partial charge in [-0.1, -0.05) is 84.1 Å². The van der Waals surface area contributed by atoms with Gasteiger partial charge in [0.2, 0.25) is 0 Å². The van der Waals surface area contributed by atoms with Crippen molar-refractivity contribution in [3.05, 3.63) is 101 Å². The van der Waals surface area contributed by atoms with E-state index < -0.39 is 0 Å². The number of rotatable bonds is 1. The molecule has 0 aromatic heterocycles. The first-order valence-electron chi connectivity index (χ1n) is 7.67. The molecule has 0 saturated heterocycles. The van der Waals surface area contributed by atoms with Crippen LogP contribution in [0.15, 0.2) is 78.5 Å². The van der Waals surface area contributed by atoms with E-state index in [2.05, 4.69) is 101 Å². The minimum absolute atomic E-state index is 0.985. The summed E-state index contributed by atoms with van der Waals surface area (Å²) in [5, 5.41) is 0. The van der Waals surface area contributed by atoms with Crippen molar-refractivity contribution in [3.8, 4) is 11.1 Å². The molecule has 0 amide bonds. The second-order valence-corrected chi connectivity index (χ2v) is 6.56. The van der Waals surface area contributed by atoms with Gasteiger partial charge in [0, 0.05) is 5.57 Å². The van der Waals surface area contributed by atoms with Gasteiger partial charge < -0.3 is 0 Å². The molecule has 0 heterocycles. The highest BCUT2D eigenvalue weighted by Crippen LogP contribution is 2.44. The fourth-order valence-corrected chi connectivity index (χ4v) is 3.50. The van der Waals surface area contributed by atoms with Crippen LogP contribution in [0.25, 0.3) is 21.2 Å². The Hall–Kier alpha value is -2.34. The van der Waals surface area contributed by atoms with Gasteiger partial charge in [-0.25, -0.2) is 0 Å². The predicted octanol–water partition coefficient (Wildman–Crippen LogP) is 6.44. The van der Waals surface area contributed by atoms with Crippen molar-refractivity contribution < 1.29 is 0 Å². The molecule has 0 aliphatic heterocycles. The summed E-state index contributed by atoms with van der Waals surface area (Å²) >= 11 is 3.71. The monoisotopic (exact) mass is 358 g/mol. The van der Waals surface area contributed by atoms with Crippen LogP contribution in [0.4, 0.5) is 0 Å². The maximum absolute atomic E-state index is 3.71. The lowest BCUT2D eigenvalue weighted by Gasteiger charge is -2.01. The number of hydrogen-bond donors (Lipinski definition) is 0. The largest absolute Gasteiger partial charge is 0.0954 e. The molecule has 0 atom stereocenters. The van der Waals surface area contributed by atoms with Crippen LogP contribution in [0, 0.1) is 6.92 Å². The van der Waals surface area contributed by atoms with E-state index in [1.54, 1.807) is 0 Å². The third-order valence-corrected chi connectivity index (χ3v) is 4.88. The Kier molecular flexibility index (Phi) is 3.53. The van der Waals surface area contributed by atoms with Crippen molar-refractivity contribution in [2.24, 2.45) is 0 Å². The fourth-order valence-electron chi connectivity index (χ4n) is 3.03. The highest BCUT2D eigenvalue weighted by atomic mass is 79.9. The molecular weight excluding hydrogens is 344 g/mol. The smallest absolute Gasteiger partial charge is 0.0672 e. The lowest BCUT2D eigenvalue weighted by atomic mass is 10.0. The molecule has 4 rings (SSSR count). The molecule has 0 spiro atoms. The van der Waals surface area contributed by atoms with Gasteiger partial charge in [-0.05, 0) is 50.7 Å². The van der Waals surface area contributed by atoms with Gasteiger partial charge in [0.05, 0.1) is 4.48 Å². The Morgan fingerprint density at radius 1 is 0.696 bits per heavy atom. The number of aryl methyl sites for hydroxylation is 1. The van der Waals surface area contributed by atoms with E-state index in [0.717, 1.165) is 15.6 Å². The molecule has 0 saturated carbocycles. The van der Waals surface area contributed by atoms with Crippen molar-refractivity contribution >= 4 is 26.0 Å². The lowest BCUT2D eigenvalue weighted by molar-refractivity contribution is 1.46. The highest BCUT2D eigenvalue weighted by Gasteiger charge is 2.22. The molecule has 0 fully saturated rings. The van der Waals surface area contributed by atoms with Crippen LogP contribution in [0.3, 0.4) is 0 Å². The molecule has 1 heteroatoms. The molecule has 0 nitrogen and oxygen atoms in total. The zero-order chi connectivity index (χ0) is 15.8. The number of hydrogen-bond acceptors (Lipinski definition) is 0. The SMILES string of the molecule is Cc1ccc(C(Br)=C=C2c3ccccc3-c3ccccc32)cc1. The van der Waals surface area contributed by atoms with Gasteiger partial charge in [0.15, 0.2) is 0 Å². The average molecular weight is 359 g/mol. The number of benzene rings is 3. The first kappa shape index (κ1) is 14.3. The van der Waals surface area contributed by atoms with Crippen molar-refractivity contribution in [2.75, 3.05) is 0 Å². The molecular formula is C22H15Br. The fraction of sp³-hybridized carbons (Fsp3) is 0.0455. The van der Waals surface area contributed by atoms with Gasteiger partial charge in [-0.3, -0.25) is 0 Å².